The van der Waals surface area contributed by atoms with Crippen molar-refractivity contribution >= 4 is 12.0 Å². The zero-order chi connectivity index (χ0) is 13.9. The normalized spacial score (nSPS) is 17.3. The Labute approximate surface area is 111 Å². The van der Waals surface area contributed by atoms with Crippen LogP contribution >= 0.6 is 0 Å². The van der Waals surface area contributed by atoms with Crippen molar-refractivity contribution in [2.24, 2.45) is 5.92 Å². The molecule has 6 nitrogen and oxygen atoms in total. The van der Waals surface area contributed by atoms with E-state index in [0.29, 0.717) is 6.54 Å². The van der Waals surface area contributed by atoms with Crippen LogP contribution in [0.4, 0.5) is 4.79 Å². The largest absolute Gasteiger partial charge is 0.480 e. The van der Waals surface area contributed by atoms with E-state index in [1.54, 1.807) is 31.5 Å². The van der Waals surface area contributed by atoms with Crippen LogP contribution in [0.2, 0.25) is 0 Å². The van der Waals surface area contributed by atoms with Crippen LogP contribution in [0.15, 0.2) is 24.5 Å². The number of carbonyl (C=O) groups is 2. The topological polar surface area (TPSA) is 91.3 Å². The maximum absolute atomic E-state index is 11.8. The smallest absolute Gasteiger partial charge is 0.329 e. The first kappa shape index (κ1) is 13.3. The lowest BCUT2D eigenvalue weighted by Crippen LogP contribution is -2.56. The van der Waals surface area contributed by atoms with Gasteiger partial charge < -0.3 is 15.7 Å². The minimum absolute atomic E-state index is 0.0247. The molecule has 2 rings (SSSR count). The maximum Gasteiger partial charge on any atom is 0.329 e. The molecule has 1 aromatic rings. The van der Waals surface area contributed by atoms with Crippen LogP contribution in [-0.4, -0.2) is 27.6 Å². The van der Waals surface area contributed by atoms with Gasteiger partial charge in [0, 0.05) is 18.9 Å². The zero-order valence-electron chi connectivity index (χ0n) is 10.7. The second-order valence-corrected chi connectivity index (χ2v) is 4.94. The third-order valence-corrected chi connectivity index (χ3v) is 3.41. The summed E-state index contributed by atoms with van der Waals surface area (Å²) in [7, 11) is 0. The van der Waals surface area contributed by atoms with E-state index in [-0.39, 0.29) is 5.92 Å². The van der Waals surface area contributed by atoms with Crippen molar-refractivity contribution in [3.8, 4) is 0 Å². The molecule has 19 heavy (non-hydrogen) atoms. The molecule has 0 spiro atoms. The number of hydrogen-bond donors (Lipinski definition) is 3. The van der Waals surface area contributed by atoms with Gasteiger partial charge in [0.1, 0.15) is 5.54 Å². The molecule has 0 saturated heterocycles. The van der Waals surface area contributed by atoms with Crippen molar-refractivity contribution in [1.82, 2.24) is 15.6 Å². The molecule has 2 amide bonds. The van der Waals surface area contributed by atoms with Crippen LogP contribution in [0.5, 0.6) is 0 Å². The molecule has 1 aliphatic rings. The molecule has 0 aliphatic heterocycles. The van der Waals surface area contributed by atoms with E-state index in [1.807, 2.05) is 0 Å². The number of rotatable bonds is 5. The highest BCUT2D eigenvalue weighted by molar-refractivity contribution is 5.86. The van der Waals surface area contributed by atoms with Crippen molar-refractivity contribution in [3.63, 3.8) is 0 Å². The second-order valence-electron chi connectivity index (χ2n) is 4.94. The highest BCUT2D eigenvalue weighted by Crippen LogP contribution is 2.39. The zero-order valence-corrected chi connectivity index (χ0v) is 10.7. The van der Waals surface area contributed by atoms with E-state index in [9.17, 15) is 14.7 Å². The van der Waals surface area contributed by atoms with Gasteiger partial charge in [-0.1, -0.05) is 0 Å². The van der Waals surface area contributed by atoms with Gasteiger partial charge in [-0.3, -0.25) is 4.98 Å². The number of carboxylic acids is 1. The summed E-state index contributed by atoms with van der Waals surface area (Å²) in [5.41, 5.74) is -0.268. The number of nitrogens with zero attached hydrogens (tertiary/aromatic N) is 1. The van der Waals surface area contributed by atoms with Crippen molar-refractivity contribution in [2.75, 3.05) is 0 Å². The first-order chi connectivity index (χ1) is 9.02. The van der Waals surface area contributed by atoms with Gasteiger partial charge in [-0.25, -0.2) is 9.59 Å². The quantitative estimate of drug-likeness (QED) is 0.742. The molecule has 1 aliphatic carbocycles. The van der Waals surface area contributed by atoms with Crippen molar-refractivity contribution in [1.29, 1.82) is 0 Å². The minimum Gasteiger partial charge on any atom is -0.480 e. The Balaban J connectivity index is 1.88. The molecule has 0 bridgehead atoms. The van der Waals surface area contributed by atoms with Gasteiger partial charge in [-0.05, 0) is 43.4 Å². The van der Waals surface area contributed by atoms with E-state index in [2.05, 4.69) is 15.6 Å². The molecule has 1 heterocycles. The summed E-state index contributed by atoms with van der Waals surface area (Å²) in [5, 5.41) is 14.4. The number of nitrogens with one attached hydrogen (secondary N) is 2. The van der Waals surface area contributed by atoms with Crippen molar-refractivity contribution in [3.05, 3.63) is 30.1 Å². The molecule has 1 unspecified atom stereocenters. The molecule has 0 aromatic carbocycles. The van der Waals surface area contributed by atoms with Crippen LogP contribution in [0.3, 0.4) is 0 Å². The Hall–Kier alpha value is -2.11. The minimum atomic E-state index is -1.18. The molecule has 1 saturated carbocycles. The van der Waals surface area contributed by atoms with Gasteiger partial charge in [0.25, 0.3) is 0 Å². The molecule has 1 aromatic heterocycles. The highest BCUT2D eigenvalue weighted by atomic mass is 16.4. The van der Waals surface area contributed by atoms with E-state index in [4.69, 9.17) is 0 Å². The lowest BCUT2D eigenvalue weighted by atomic mass is 9.96. The van der Waals surface area contributed by atoms with Gasteiger partial charge in [0.05, 0.1) is 0 Å². The molecule has 0 radical (unpaired) electrons. The lowest BCUT2D eigenvalue weighted by molar-refractivity contribution is -0.144. The summed E-state index contributed by atoms with van der Waals surface area (Å²) in [6, 6.07) is 3.11. The van der Waals surface area contributed by atoms with Gasteiger partial charge >= 0.3 is 12.0 Å². The monoisotopic (exact) mass is 263 g/mol. The predicted molar refractivity (Wildman–Crippen MR) is 68.4 cm³/mol. The van der Waals surface area contributed by atoms with E-state index < -0.39 is 17.5 Å². The predicted octanol–water partition coefficient (Wildman–Crippen LogP) is 1.13. The van der Waals surface area contributed by atoms with Crippen LogP contribution in [0.1, 0.15) is 25.3 Å². The molecular weight excluding hydrogens is 246 g/mol. The highest BCUT2D eigenvalue weighted by Gasteiger charge is 2.48. The molecule has 1 fully saturated rings. The second kappa shape index (κ2) is 5.26. The van der Waals surface area contributed by atoms with E-state index >= 15 is 0 Å². The Morgan fingerprint density at radius 1 is 1.42 bits per heavy atom. The maximum atomic E-state index is 11.8. The molecular formula is C13H17N3O3. The van der Waals surface area contributed by atoms with Crippen LogP contribution in [0.25, 0.3) is 0 Å². The third-order valence-electron chi connectivity index (χ3n) is 3.41. The average molecular weight is 263 g/mol. The Bertz CT molecular complexity index is 473. The Morgan fingerprint density at radius 2 is 2.05 bits per heavy atom. The van der Waals surface area contributed by atoms with E-state index in [0.717, 1.165) is 18.4 Å². The number of amides is 2. The first-order valence-electron chi connectivity index (χ1n) is 6.20. The van der Waals surface area contributed by atoms with Crippen molar-refractivity contribution < 1.29 is 14.7 Å². The average Bonchev–Trinajstić information content (AvgIpc) is 3.22. The molecule has 6 heteroatoms. The number of aliphatic carboxylic acids is 1. The number of carbonyl (C=O) groups excluding carboxylic acids is 1. The number of hydrogen-bond acceptors (Lipinski definition) is 3. The summed E-state index contributed by atoms with van der Waals surface area (Å²) in [4.78, 5) is 26.9. The summed E-state index contributed by atoms with van der Waals surface area (Å²) in [5.74, 6) is -0.967. The van der Waals surface area contributed by atoms with Gasteiger partial charge in [0.2, 0.25) is 0 Å². The van der Waals surface area contributed by atoms with Crippen LogP contribution in [0, 0.1) is 5.92 Å². The fourth-order valence-corrected chi connectivity index (χ4v) is 1.95. The lowest BCUT2D eigenvalue weighted by Gasteiger charge is -2.26. The standard InChI is InChI=1S/C13H17N3O3/c1-13(11(17)18,10-2-3-10)16-12(19)15-8-9-4-6-14-7-5-9/h4-7,10H,2-3,8H2,1H3,(H,17,18)(H2,15,16,19). The molecule has 1 atom stereocenters. The van der Waals surface area contributed by atoms with Gasteiger partial charge in [-0.15, -0.1) is 0 Å². The SMILES string of the molecule is CC(NC(=O)NCc1ccncc1)(C(=O)O)C1CC1. The number of carboxylic acid groups (broad SMARTS) is 1. The summed E-state index contributed by atoms with van der Waals surface area (Å²) in [6.07, 6.45) is 4.96. The number of pyridine rings is 1. The summed E-state index contributed by atoms with van der Waals surface area (Å²) in [6.45, 7) is 1.90. The Kier molecular flexibility index (Phi) is 3.69. The number of aromatic nitrogens is 1. The summed E-state index contributed by atoms with van der Waals surface area (Å²) < 4.78 is 0. The van der Waals surface area contributed by atoms with Gasteiger partial charge in [-0.2, -0.15) is 0 Å². The fourth-order valence-electron chi connectivity index (χ4n) is 1.95. The van der Waals surface area contributed by atoms with Crippen LogP contribution in [-0.2, 0) is 11.3 Å². The van der Waals surface area contributed by atoms with Gasteiger partial charge in [0.15, 0.2) is 0 Å². The van der Waals surface area contributed by atoms with Crippen molar-refractivity contribution in [2.45, 2.75) is 31.8 Å². The first-order valence-corrected chi connectivity index (χ1v) is 6.20. The fraction of sp³-hybridized carbons (Fsp3) is 0.462. The Morgan fingerprint density at radius 3 is 2.58 bits per heavy atom. The van der Waals surface area contributed by atoms with Crippen LogP contribution < -0.4 is 10.6 Å². The molecule has 102 valence electrons. The molecule has 3 N–H and O–H groups in total. The summed E-state index contributed by atoms with van der Waals surface area (Å²) >= 11 is 0. The number of urea groups is 1. The third kappa shape index (κ3) is 3.21. The van der Waals surface area contributed by atoms with E-state index in [1.165, 1.54) is 0 Å².